The molecule has 0 heterocycles. The molecule has 0 fully saturated rings. The maximum atomic E-state index is 14.1. The highest BCUT2D eigenvalue weighted by Crippen LogP contribution is 2.27. The molecule has 0 aromatic heterocycles. The van der Waals surface area contributed by atoms with E-state index in [-0.39, 0.29) is 23.4 Å². The number of rotatable bonds is 11. The Balaban J connectivity index is 2.06. The molecule has 2 atom stereocenters. The molecular weight excluding hydrogens is 522 g/mol. The summed E-state index contributed by atoms with van der Waals surface area (Å²) in [7, 11) is -4.10. The first kappa shape index (κ1) is 30.9. The summed E-state index contributed by atoms with van der Waals surface area (Å²) in [5.74, 6) is -0.752. The van der Waals surface area contributed by atoms with Crippen LogP contribution in [0.1, 0.15) is 55.0 Å². The highest BCUT2D eigenvalue weighted by Gasteiger charge is 2.33. The lowest BCUT2D eigenvalue weighted by atomic mass is 10.1. The summed E-state index contributed by atoms with van der Waals surface area (Å²) in [5, 5.41) is 2.96. The predicted molar refractivity (Wildman–Crippen MR) is 161 cm³/mol. The molecule has 0 spiro atoms. The minimum absolute atomic E-state index is 0.0560. The lowest BCUT2D eigenvalue weighted by Gasteiger charge is -2.32. The predicted octanol–water partition coefficient (Wildman–Crippen LogP) is 5.45. The van der Waals surface area contributed by atoms with E-state index in [0.717, 1.165) is 38.5 Å². The van der Waals surface area contributed by atoms with Gasteiger partial charge in [-0.1, -0.05) is 60.5 Å². The average Bonchev–Trinajstić information content (AvgIpc) is 2.89. The van der Waals surface area contributed by atoms with E-state index in [9.17, 15) is 18.0 Å². The van der Waals surface area contributed by atoms with Gasteiger partial charge < -0.3 is 10.2 Å². The molecule has 3 aromatic carbocycles. The molecule has 0 saturated heterocycles. The number of nitrogens with zero attached hydrogens (tertiary/aromatic N) is 2. The van der Waals surface area contributed by atoms with Gasteiger partial charge in [-0.25, -0.2) is 8.42 Å². The number of nitrogens with one attached hydrogen (secondary N) is 1. The van der Waals surface area contributed by atoms with Gasteiger partial charge in [-0.15, -0.1) is 0 Å². The fourth-order valence-electron chi connectivity index (χ4n) is 4.52. The molecular formula is C32H41N3O4S. The van der Waals surface area contributed by atoms with E-state index >= 15 is 0 Å². The quantitative estimate of drug-likeness (QED) is 0.336. The Labute approximate surface area is 239 Å². The number of carbonyl (C=O) groups is 2. The second-order valence-electron chi connectivity index (χ2n) is 10.7. The van der Waals surface area contributed by atoms with Crippen LogP contribution in [0.3, 0.4) is 0 Å². The van der Waals surface area contributed by atoms with Crippen molar-refractivity contribution in [2.45, 2.75) is 78.4 Å². The number of amides is 2. The largest absolute Gasteiger partial charge is 0.352 e. The number of benzene rings is 3. The van der Waals surface area contributed by atoms with E-state index in [1.54, 1.807) is 43.3 Å². The lowest BCUT2D eigenvalue weighted by Crippen LogP contribution is -2.52. The van der Waals surface area contributed by atoms with E-state index in [0.29, 0.717) is 5.69 Å². The second kappa shape index (κ2) is 13.1. The molecule has 214 valence electrons. The number of hydrogen-bond donors (Lipinski definition) is 1. The molecule has 8 heteroatoms. The zero-order chi connectivity index (χ0) is 29.6. The Morgan fingerprint density at radius 2 is 1.45 bits per heavy atom. The van der Waals surface area contributed by atoms with Gasteiger partial charge in [-0.05, 0) is 88.9 Å². The molecule has 40 heavy (non-hydrogen) atoms. The highest BCUT2D eigenvalue weighted by atomic mass is 32.2. The van der Waals surface area contributed by atoms with Crippen LogP contribution in [0.5, 0.6) is 0 Å². The van der Waals surface area contributed by atoms with Gasteiger partial charge in [0.25, 0.3) is 10.0 Å². The van der Waals surface area contributed by atoms with Gasteiger partial charge >= 0.3 is 0 Å². The average molecular weight is 564 g/mol. The van der Waals surface area contributed by atoms with Crippen LogP contribution in [0, 0.1) is 27.7 Å². The van der Waals surface area contributed by atoms with E-state index in [2.05, 4.69) is 5.32 Å². The van der Waals surface area contributed by atoms with Crippen molar-refractivity contribution in [3.8, 4) is 0 Å². The molecule has 2 amide bonds. The van der Waals surface area contributed by atoms with Crippen molar-refractivity contribution in [3.05, 3.63) is 94.5 Å². The summed E-state index contributed by atoms with van der Waals surface area (Å²) in [5.41, 5.74) is 4.97. The molecule has 3 aromatic rings. The molecule has 0 aliphatic heterocycles. The fourth-order valence-corrected chi connectivity index (χ4v) is 5.91. The zero-order valence-corrected chi connectivity index (χ0v) is 25.4. The van der Waals surface area contributed by atoms with Crippen LogP contribution in [0.2, 0.25) is 0 Å². The third-order valence-corrected chi connectivity index (χ3v) is 8.77. The number of sulfonamides is 1. The maximum Gasteiger partial charge on any atom is 0.264 e. The van der Waals surface area contributed by atoms with E-state index in [1.165, 1.54) is 4.90 Å². The van der Waals surface area contributed by atoms with Crippen LogP contribution in [0.4, 0.5) is 5.69 Å². The van der Waals surface area contributed by atoms with Crippen LogP contribution in [0.15, 0.2) is 71.6 Å². The lowest BCUT2D eigenvalue weighted by molar-refractivity contribution is -0.139. The van der Waals surface area contributed by atoms with Crippen LogP contribution in [-0.2, 0) is 26.2 Å². The molecule has 0 bridgehead atoms. The topological polar surface area (TPSA) is 86.8 Å². The number of anilines is 1. The summed E-state index contributed by atoms with van der Waals surface area (Å²) in [6, 6.07) is 18.9. The van der Waals surface area contributed by atoms with Crippen molar-refractivity contribution >= 4 is 27.5 Å². The Hall–Kier alpha value is -3.65. The van der Waals surface area contributed by atoms with Crippen molar-refractivity contribution in [1.82, 2.24) is 10.2 Å². The molecule has 0 aliphatic rings. The normalized spacial score (nSPS) is 12.9. The summed E-state index contributed by atoms with van der Waals surface area (Å²) < 4.78 is 29.1. The number of aryl methyl sites for hydroxylation is 4. The van der Waals surface area contributed by atoms with Gasteiger partial charge in [-0.2, -0.15) is 0 Å². The van der Waals surface area contributed by atoms with Gasteiger partial charge in [0.05, 0.1) is 10.6 Å². The van der Waals surface area contributed by atoms with Crippen molar-refractivity contribution in [3.63, 3.8) is 0 Å². The second-order valence-corrected chi connectivity index (χ2v) is 12.5. The van der Waals surface area contributed by atoms with E-state index in [1.807, 2.05) is 71.9 Å². The van der Waals surface area contributed by atoms with Gasteiger partial charge in [0.15, 0.2) is 0 Å². The minimum Gasteiger partial charge on any atom is -0.352 e. The highest BCUT2D eigenvalue weighted by molar-refractivity contribution is 7.92. The molecule has 0 unspecified atom stereocenters. The first-order valence-corrected chi connectivity index (χ1v) is 15.1. The standard InChI is InChI=1S/C32H41N3O4S/c1-8-26(6)33-32(37)27(7)34(20-28-11-9-10-23(3)17-28)31(36)21-35(29-18-24(4)16-25(5)19-29)40(38,39)30-14-12-22(2)13-15-30/h9-19,26-27H,8,20-21H2,1-7H3,(H,33,37)/t26-,27-/m1/s1. The van der Waals surface area contributed by atoms with Crippen molar-refractivity contribution in [2.75, 3.05) is 10.8 Å². The zero-order valence-electron chi connectivity index (χ0n) is 24.6. The van der Waals surface area contributed by atoms with E-state index < -0.39 is 28.5 Å². The van der Waals surface area contributed by atoms with Crippen LogP contribution >= 0.6 is 0 Å². The van der Waals surface area contributed by atoms with Crippen LogP contribution < -0.4 is 9.62 Å². The third kappa shape index (κ3) is 7.72. The molecule has 1 N–H and O–H groups in total. The Morgan fingerprint density at radius 1 is 0.825 bits per heavy atom. The minimum atomic E-state index is -4.10. The summed E-state index contributed by atoms with van der Waals surface area (Å²) >= 11 is 0. The molecule has 7 nitrogen and oxygen atoms in total. The number of hydrogen-bond acceptors (Lipinski definition) is 4. The summed E-state index contributed by atoms with van der Waals surface area (Å²) in [6.07, 6.45) is 0.750. The Bertz CT molecular complexity index is 1430. The molecule has 0 saturated carbocycles. The first-order chi connectivity index (χ1) is 18.8. The van der Waals surface area contributed by atoms with Gasteiger partial charge in [0, 0.05) is 12.6 Å². The monoisotopic (exact) mass is 563 g/mol. The molecule has 0 radical (unpaired) electrons. The maximum absolute atomic E-state index is 14.1. The van der Waals surface area contributed by atoms with Crippen molar-refractivity contribution in [2.24, 2.45) is 0 Å². The Morgan fingerprint density at radius 3 is 2.02 bits per heavy atom. The fraction of sp³-hybridized carbons (Fsp3) is 0.375. The molecule has 0 aliphatic carbocycles. The third-order valence-electron chi connectivity index (χ3n) is 6.99. The summed E-state index contributed by atoms with van der Waals surface area (Å²) in [6.45, 7) is 12.9. The smallest absolute Gasteiger partial charge is 0.264 e. The number of carbonyl (C=O) groups excluding carboxylic acids is 2. The van der Waals surface area contributed by atoms with Crippen molar-refractivity contribution < 1.29 is 18.0 Å². The summed E-state index contributed by atoms with van der Waals surface area (Å²) in [4.78, 5) is 28.8. The van der Waals surface area contributed by atoms with Gasteiger partial charge in [0.2, 0.25) is 11.8 Å². The first-order valence-electron chi connectivity index (χ1n) is 13.6. The van der Waals surface area contributed by atoms with Crippen LogP contribution in [0.25, 0.3) is 0 Å². The Kier molecular flexibility index (Phi) is 10.1. The van der Waals surface area contributed by atoms with E-state index in [4.69, 9.17) is 0 Å². The van der Waals surface area contributed by atoms with Crippen molar-refractivity contribution in [1.29, 1.82) is 0 Å². The van der Waals surface area contributed by atoms with Crippen LogP contribution in [-0.4, -0.2) is 43.8 Å². The van der Waals surface area contributed by atoms with Gasteiger partial charge in [-0.3, -0.25) is 13.9 Å². The molecule has 3 rings (SSSR count). The van der Waals surface area contributed by atoms with Gasteiger partial charge in [0.1, 0.15) is 12.6 Å². The SMILES string of the molecule is CC[C@@H](C)NC(=O)[C@@H](C)N(Cc1cccc(C)c1)C(=O)CN(c1cc(C)cc(C)c1)S(=O)(=O)c1ccc(C)cc1.